The lowest BCUT2D eigenvalue weighted by Gasteiger charge is -2.32. The minimum absolute atomic E-state index is 0.0241. The molecule has 158 valence electrons. The molecule has 2 amide bonds. The van der Waals surface area contributed by atoms with Crippen LogP contribution in [-0.4, -0.2) is 66.0 Å². The Kier molecular flexibility index (Phi) is 7.43. The summed E-state index contributed by atoms with van der Waals surface area (Å²) in [5, 5.41) is 9.02. The Labute approximate surface area is 175 Å². The van der Waals surface area contributed by atoms with Crippen molar-refractivity contribution < 1.29 is 24.2 Å². The number of aromatic carboxylic acids is 1. The van der Waals surface area contributed by atoms with Crippen LogP contribution in [0.3, 0.4) is 0 Å². The first kappa shape index (κ1) is 21.4. The summed E-state index contributed by atoms with van der Waals surface area (Å²) in [6, 6.07) is 16.9. The second kappa shape index (κ2) is 10.4. The number of carbonyl (C=O) groups excluding carboxylic acids is 2. The molecule has 1 saturated heterocycles. The van der Waals surface area contributed by atoms with Gasteiger partial charge in [0.2, 0.25) is 6.41 Å². The normalized spacial score (nSPS) is 15.6. The van der Waals surface area contributed by atoms with Gasteiger partial charge in [0.1, 0.15) is 11.3 Å². The lowest BCUT2D eigenvalue weighted by atomic mass is 10.1. The van der Waals surface area contributed by atoms with Gasteiger partial charge < -0.3 is 19.6 Å². The highest BCUT2D eigenvalue weighted by Crippen LogP contribution is 2.39. The van der Waals surface area contributed by atoms with Crippen molar-refractivity contribution in [3.8, 4) is 5.75 Å². The van der Waals surface area contributed by atoms with Crippen molar-refractivity contribution in [3.63, 3.8) is 0 Å². The molecule has 2 aromatic carbocycles. The molecule has 0 radical (unpaired) electrons. The molecule has 1 N–H and O–H groups in total. The maximum Gasteiger partial charge on any atom is 0.339 e. The maximum atomic E-state index is 12.0. The lowest BCUT2D eigenvalue weighted by molar-refractivity contribution is -0.137. The molecule has 0 unspecified atom stereocenters. The third-order valence-corrected chi connectivity index (χ3v) is 5.13. The molecule has 2 aromatic rings. The maximum absolute atomic E-state index is 12.0. The molecular weight excluding hydrogens is 384 g/mol. The van der Waals surface area contributed by atoms with Crippen molar-refractivity contribution in [1.82, 2.24) is 9.80 Å². The number of carboxylic acids is 1. The van der Waals surface area contributed by atoms with E-state index in [-0.39, 0.29) is 23.8 Å². The minimum Gasteiger partial charge on any atom is -0.483 e. The summed E-state index contributed by atoms with van der Waals surface area (Å²) >= 11 is 0. The summed E-state index contributed by atoms with van der Waals surface area (Å²) in [4.78, 5) is 36.8. The van der Waals surface area contributed by atoms with Gasteiger partial charge in [0.05, 0.1) is 0 Å². The Bertz CT molecular complexity index is 859. The van der Waals surface area contributed by atoms with E-state index in [2.05, 4.69) is 30.3 Å². The summed E-state index contributed by atoms with van der Waals surface area (Å²) < 4.78 is 5.31. The van der Waals surface area contributed by atoms with Gasteiger partial charge in [-0.15, -0.1) is 0 Å². The molecule has 1 aliphatic carbocycles. The van der Waals surface area contributed by atoms with Crippen LogP contribution in [0, 0.1) is 0 Å². The van der Waals surface area contributed by atoms with Crippen LogP contribution in [0.4, 0.5) is 0 Å². The van der Waals surface area contributed by atoms with Gasteiger partial charge in [0, 0.05) is 26.2 Å². The van der Waals surface area contributed by atoms with Crippen molar-refractivity contribution in [1.29, 1.82) is 0 Å². The zero-order valence-electron chi connectivity index (χ0n) is 16.8. The summed E-state index contributed by atoms with van der Waals surface area (Å²) in [6.45, 7) is 1.70. The first-order valence-electron chi connectivity index (χ1n) is 10.1. The van der Waals surface area contributed by atoms with Gasteiger partial charge in [-0.1, -0.05) is 42.5 Å². The second-order valence-corrected chi connectivity index (χ2v) is 7.30. The number of hydrogen-bond acceptors (Lipinski definition) is 4. The first-order valence-corrected chi connectivity index (χ1v) is 10.1. The molecule has 1 heterocycles. The van der Waals surface area contributed by atoms with Crippen LogP contribution < -0.4 is 4.74 Å². The summed E-state index contributed by atoms with van der Waals surface area (Å²) in [5.41, 5.74) is 1.55. The predicted octanol–water partition coefficient (Wildman–Crippen LogP) is 2.63. The Morgan fingerprint density at radius 1 is 0.967 bits per heavy atom. The SMILES string of the molecule is O=CN1CCN(C(=O)COc2ccccc2C(=O)O)CC1.c1ccc(C2CC2)cc1. The molecule has 1 saturated carbocycles. The number of nitrogens with zero attached hydrogens (tertiary/aromatic N) is 2. The molecule has 7 nitrogen and oxygen atoms in total. The number of carbonyl (C=O) groups is 3. The zero-order valence-corrected chi connectivity index (χ0v) is 16.8. The standard InChI is InChI=1S/C14H16N2O5.C9H10/c17-10-15-5-7-16(8-6-15)13(18)9-21-12-4-2-1-3-11(12)14(19)20;1-2-4-8(5-3-1)9-6-7-9/h1-4,10H,5-9H2,(H,19,20);1-5,9H,6-7H2. The van der Waals surface area contributed by atoms with Crippen LogP contribution in [0.1, 0.15) is 34.7 Å². The number of amides is 2. The quantitative estimate of drug-likeness (QED) is 0.740. The number of benzene rings is 2. The van der Waals surface area contributed by atoms with E-state index in [9.17, 15) is 14.4 Å². The second-order valence-electron chi connectivity index (χ2n) is 7.30. The summed E-state index contributed by atoms with van der Waals surface area (Å²) in [5.74, 6) is -0.241. The highest BCUT2D eigenvalue weighted by Gasteiger charge is 2.22. The van der Waals surface area contributed by atoms with E-state index in [0.29, 0.717) is 26.2 Å². The Morgan fingerprint density at radius 2 is 1.60 bits per heavy atom. The number of piperazine rings is 1. The van der Waals surface area contributed by atoms with Gasteiger partial charge in [-0.3, -0.25) is 9.59 Å². The van der Waals surface area contributed by atoms with E-state index in [1.807, 2.05) is 0 Å². The van der Waals surface area contributed by atoms with E-state index in [4.69, 9.17) is 9.84 Å². The van der Waals surface area contributed by atoms with E-state index in [0.717, 1.165) is 12.3 Å². The van der Waals surface area contributed by atoms with Crippen molar-refractivity contribution in [3.05, 3.63) is 65.7 Å². The smallest absolute Gasteiger partial charge is 0.339 e. The number of para-hydroxylation sites is 1. The van der Waals surface area contributed by atoms with Gasteiger partial charge in [-0.2, -0.15) is 0 Å². The first-order chi connectivity index (χ1) is 14.6. The van der Waals surface area contributed by atoms with Crippen LogP contribution in [0.15, 0.2) is 54.6 Å². The van der Waals surface area contributed by atoms with E-state index < -0.39 is 5.97 Å². The van der Waals surface area contributed by atoms with Crippen molar-refractivity contribution in [2.24, 2.45) is 0 Å². The Morgan fingerprint density at radius 3 is 2.20 bits per heavy atom. The van der Waals surface area contributed by atoms with E-state index in [1.165, 1.54) is 30.5 Å². The molecule has 0 spiro atoms. The number of hydrogen-bond donors (Lipinski definition) is 1. The highest BCUT2D eigenvalue weighted by molar-refractivity contribution is 5.91. The number of rotatable bonds is 6. The fourth-order valence-corrected chi connectivity index (χ4v) is 3.22. The molecule has 4 rings (SSSR count). The van der Waals surface area contributed by atoms with E-state index in [1.54, 1.807) is 21.9 Å². The monoisotopic (exact) mass is 410 g/mol. The molecule has 2 fully saturated rings. The topological polar surface area (TPSA) is 87.2 Å². The number of ether oxygens (including phenoxy) is 1. The third kappa shape index (κ3) is 6.07. The van der Waals surface area contributed by atoms with Crippen LogP contribution >= 0.6 is 0 Å². The summed E-state index contributed by atoms with van der Waals surface area (Å²) in [7, 11) is 0. The Hall–Kier alpha value is -3.35. The molecular formula is C23H26N2O5. The molecule has 30 heavy (non-hydrogen) atoms. The minimum atomic E-state index is -1.10. The molecule has 2 aliphatic rings. The van der Waals surface area contributed by atoms with Gasteiger partial charge in [-0.05, 0) is 36.5 Å². The largest absolute Gasteiger partial charge is 0.483 e. The van der Waals surface area contributed by atoms with Gasteiger partial charge in [0.15, 0.2) is 6.61 Å². The van der Waals surface area contributed by atoms with Crippen LogP contribution in [-0.2, 0) is 9.59 Å². The average Bonchev–Trinajstić information content (AvgIpc) is 3.64. The predicted molar refractivity (Wildman–Crippen MR) is 112 cm³/mol. The number of carboxylic acid groups (broad SMARTS) is 1. The van der Waals surface area contributed by atoms with Crippen LogP contribution in [0.5, 0.6) is 5.75 Å². The van der Waals surface area contributed by atoms with Gasteiger partial charge in [0.25, 0.3) is 5.91 Å². The molecule has 0 atom stereocenters. The van der Waals surface area contributed by atoms with Crippen LogP contribution in [0.2, 0.25) is 0 Å². The third-order valence-electron chi connectivity index (χ3n) is 5.13. The molecule has 7 heteroatoms. The van der Waals surface area contributed by atoms with Gasteiger partial charge in [-0.25, -0.2) is 4.79 Å². The zero-order chi connectivity index (χ0) is 21.3. The molecule has 0 bridgehead atoms. The van der Waals surface area contributed by atoms with Crippen molar-refractivity contribution in [2.45, 2.75) is 18.8 Å². The molecule has 0 aromatic heterocycles. The molecule has 1 aliphatic heterocycles. The highest BCUT2D eigenvalue weighted by atomic mass is 16.5. The van der Waals surface area contributed by atoms with E-state index >= 15 is 0 Å². The Balaban J connectivity index is 0.000000234. The van der Waals surface area contributed by atoms with Crippen LogP contribution in [0.25, 0.3) is 0 Å². The van der Waals surface area contributed by atoms with Crippen molar-refractivity contribution >= 4 is 18.3 Å². The van der Waals surface area contributed by atoms with Crippen molar-refractivity contribution in [2.75, 3.05) is 32.8 Å². The lowest BCUT2D eigenvalue weighted by Crippen LogP contribution is -2.49. The summed E-state index contributed by atoms with van der Waals surface area (Å²) in [6.07, 6.45) is 3.58. The average molecular weight is 410 g/mol. The fraction of sp³-hybridized carbons (Fsp3) is 0.348. The van der Waals surface area contributed by atoms with Gasteiger partial charge >= 0.3 is 5.97 Å². The fourth-order valence-electron chi connectivity index (χ4n) is 3.22.